The number of carbonyl (C=O) groups excluding carboxylic acids is 1. The number of nitrogens with one attached hydrogen (secondary N) is 1. The van der Waals surface area contributed by atoms with Crippen molar-refractivity contribution in [2.45, 2.75) is 25.9 Å². The number of rotatable bonds is 5. The van der Waals surface area contributed by atoms with Crippen molar-refractivity contribution in [3.63, 3.8) is 0 Å². The molecule has 7 heteroatoms. The van der Waals surface area contributed by atoms with Crippen LogP contribution in [0.25, 0.3) is 0 Å². The third kappa shape index (κ3) is 5.06. The summed E-state index contributed by atoms with van der Waals surface area (Å²) in [6.07, 6.45) is 1.34. The van der Waals surface area contributed by atoms with E-state index in [0.717, 1.165) is 25.0 Å². The number of amides is 2. The Morgan fingerprint density at radius 3 is 3.00 bits per heavy atom. The Hall–Kier alpha value is -1.89. The number of halogens is 2. The Bertz CT molecular complexity index is 540. The fourth-order valence-corrected chi connectivity index (χ4v) is 2.61. The van der Waals surface area contributed by atoms with Gasteiger partial charge >= 0.3 is 6.03 Å². The fourth-order valence-electron chi connectivity index (χ4n) is 2.61. The second kappa shape index (κ2) is 8.10. The summed E-state index contributed by atoms with van der Waals surface area (Å²) in [7, 11) is 0. The van der Waals surface area contributed by atoms with Gasteiger partial charge in [-0.25, -0.2) is 13.6 Å². The highest BCUT2D eigenvalue weighted by molar-refractivity contribution is 5.74. The molecule has 2 atom stereocenters. The SMILES string of the molecule is CC(O)C1CCCN(C(=O)NCCOc2ccc(F)cc2F)C1. The van der Waals surface area contributed by atoms with Crippen LogP contribution in [0.3, 0.4) is 0 Å². The quantitative estimate of drug-likeness (QED) is 0.814. The van der Waals surface area contributed by atoms with Gasteiger partial charge in [-0.1, -0.05) is 0 Å². The number of benzene rings is 1. The van der Waals surface area contributed by atoms with Crippen molar-refractivity contribution in [3.05, 3.63) is 29.8 Å². The molecule has 1 fully saturated rings. The molecule has 0 saturated carbocycles. The normalized spacial score (nSPS) is 19.3. The van der Waals surface area contributed by atoms with E-state index in [1.807, 2.05) is 0 Å². The van der Waals surface area contributed by atoms with Crippen LogP contribution in [0.5, 0.6) is 5.75 Å². The lowest BCUT2D eigenvalue weighted by molar-refractivity contribution is 0.0737. The van der Waals surface area contributed by atoms with Crippen LogP contribution in [0, 0.1) is 17.6 Å². The summed E-state index contributed by atoms with van der Waals surface area (Å²) in [4.78, 5) is 13.7. The largest absolute Gasteiger partial charge is 0.489 e. The summed E-state index contributed by atoms with van der Waals surface area (Å²) in [6.45, 7) is 3.21. The molecule has 1 aliphatic heterocycles. The maximum absolute atomic E-state index is 13.4. The maximum Gasteiger partial charge on any atom is 0.317 e. The number of nitrogens with zero attached hydrogens (tertiary/aromatic N) is 1. The van der Waals surface area contributed by atoms with Crippen molar-refractivity contribution in [2.75, 3.05) is 26.2 Å². The molecule has 1 saturated heterocycles. The number of carbonyl (C=O) groups is 1. The monoisotopic (exact) mass is 328 g/mol. The van der Waals surface area contributed by atoms with Crippen LogP contribution in [-0.4, -0.2) is 48.4 Å². The van der Waals surface area contributed by atoms with Gasteiger partial charge in [0.05, 0.1) is 12.6 Å². The number of hydrogen-bond acceptors (Lipinski definition) is 3. The highest BCUT2D eigenvalue weighted by Gasteiger charge is 2.26. The first-order valence-corrected chi connectivity index (χ1v) is 7.76. The smallest absolute Gasteiger partial charge is 0.317 e. The summed E-state index contributed by atoms with van der Waals surface area (Å²) in [5.41, 5.74) is 0. The van der Waals surface area contributed by atoms with Gasteiger partial charge in [0.25, 0.3) is 0 Å². The highest BCUT2D eigenvalue weighted by Crippen LogP contribution is 2.20. The van der Waals surface area contributed by atoms with Crippen LogP contribution in [0.4, 0.5) is 13.6 Å². The Morgan fingerprint density at radius 1 is 1.52 bits per heavy atom. The number of aliphatic hydroxyl groups is 1. The number of piperidine rings is 1. The van der Waals surface area contributed by atoms with E-state index in [1.54, 1.807) is 11.8 Å². The van der Waals surface area contributed by atoms with Gasteiger partial charge in [0, 0.05) is 25.1 Å². The summed E-state index contributed by atoms with van der Waals surface area (Å²) in [6, 6.07) is 2.85. The zero-order valence-electron chi connectivity index (χ0n) is 13.1. The molecule has 0 spiro atoms. The maximum atomic E-state index is 13.4. The van der Waals surface area contributed by atoms with Crippen LogP contribution >= 0.6 is 0 Å². The highest BCUT2D eigenvalue weighted by atomic mass is 19.1. The van der Waals surface area contributed by atoms with E-state index in [4.69, 9.17) is 4.74 Å². The first-order chi connectivity index (χ1) is 11.0. The van der Waals surface area contributed by atoms with Crippen molar-refractivity contribution in [2.24, 2.45) is 5.92 Å². The molecule has 2 rings (SSSR count). The lowest BCUT2D eigenvalue weighted by Gasteiger charge is -2.34. The van der Waals surface area contributed by atoms with Gasteiger partial charge in [-0.05, 0) is 31.9 Å². The predicted molar refractivity (Wildman–Crippen MR) is 81.2 cm³/mol. The van der Waals surface area contributed by atoms with E-state index in [1.165, 1.54) is 6.07 Å². The Balaban J connectivity index is 1.72. The molecule has 1 aromatic carbocycles. The fraction of sp³-hybridized carbons (Fsp3) is 0.562. The van der Waals surface area contributed by atoms with E-state index < -0.39 is 17.7 Å². The van der Waals surface area contributed by atoms with Crippen LogP contribution in [0.2, 0.25) is 0 Å². The molecule has 1 aliphatic rings. The molecule has 1 heterocycles. The Kier molecular flexibility index (Phi) is 6.15. The molecule has 5 nitrogen and oxygen atoms in total. The van der Waals surface area contributed by atoms with Crippen molar-refractivity contribution in [3.8, 4) is 5.75 Å². The average Bonchev–Trinajstić information content (AvgIpc) is 2.53. The molecular formula is C16H22F2N2O3. The number of urea groups is 1. The summed E-state index contributed by atoms with van der Waals surface area (Å²) in [5, 5.41) is 12.3. The zero-order chi connectivity index (χ0) is 16.8. The zero-order valence-corrected chi connectivity index (χ0v) is 13.1. The van der Waals surface area contributed by atoms with Crippen LogP contribution in [-0.2, 0) is 0 Å². The number of likely N-dealkylation sites (tertiary alicyclic amines) is 1. The molecule has 2 N–H and O–H groups in total. The Labute approximate surface area is 134 Å². The summed E-state index contributed by atoms with van der Waals surface area (Å²) < 4.78 is 31.3. The van der Waals surface area contributed by atoms with Crippen molar-refractivity contribution < 1.29 is 23.4 Å². The van der Waals surface area contributed by atoms with Crippen LogP contribution in [0.1, 0.15) is 19.8 Å². The van der Waals surface area contributed by atoms with Gasteiger partial charge in [0.15, 0.2) is 11.6 Å². The number of hydrogen-bond donors (Lipinski definition) is 2. The first-order valence-electron chi connectivity index (χ1n) is 7.76. The first kappa shape index (κ1) is 17.5. The molecule has 128 valence electrons. The lowest BCUT2D eigenvalue weighted by Crippen LogP contribution is -2.48. The third-order valence-corrected chi connectivity index (χ3v) is 3.96. The molecule has 0 aromatic heterocycles. The third-order valence-electron chi connectivity index (χ3n) is 3.96. The van der Waals surface area contributed by atoms with E-state index in [0.29, 0.717) is 13.1 Å². The minimum Gasteiger partial charge on any atom is -0.489 e. The predicted octanol–water partition coefficient (Wildman–Crippen LogP) is 2.15. The summed E-state index contributed by atoms with van der Waals surface area (Å²) >= 11 is 0. The molecular weight excluding hydrogens is 306 g/mol. The average molecular weight is 328 g/mol. The van der Waals surface area contributed by atoms with Crippen LogP contribution < -0.4 is 10.1 Å². The lowest BCUT2D eigenvalue weighted by atomic mass is 9.94. The molecule has 0 bridgehead atoms. The van der Waals surface area contributed by atoms with Crippen molar-refractivity contribution in [1.29, 1.82) is 0 Å². The van der Waals surface area contributed by atoms with Gasteiger partial charge in [-0.3, -0.25) is 0 Å². The number of aliphatic hydroxyl groups excluding tert-OH is 1. The summed E-state index contributed by atoms with van der Waals surface area (Å²) in [5.74, 6) is -1.39. The van der Waals surface area contributed by atoms with E-state index in [2.05, 4.69) is 5.32 Å². The van der Waals surface area contributed by atoms with Crippen LogP contribution in [0.15, 0.2) is 18.2 Å². The number of ether oxygens (including phenoxy) is 1. The minimum atomic E-state index is -0.771. The molecule has 23 heavy (non-hydrogen) atoms. The standard InChI is InChI=1S/C16H22F2N2O3/c1-11(21)12-3-2-7-20(10-12)16(22)19-6-8-23-15-5-4-13(17)9-14(15)18/h4-5,9,11-12,21H,2-3,6-8,10H2,1H3,(H,19,22). The second-order valence-electron chi connectivity index (χ2n) is 5.74. The Morgan fingerprint density at radius 2 is 2.30 bits per heavy atom. The molecule has 2 amide bonds. The van der Waals surface area contributed by atoms with Crippen molar-refractivity contribution >= 4 is 6.03 Å². The molecule has 1 aromatic rings. The van der Waals surface area contributed by atoms with E-state index in [-0.39, 0.29) is 30.9 Å². The van der Waals surface area contributed by atoms with Gasteiger partial charge in [0.1, 0.15) is 12.4 Å². The van der Waals surface area contributed by atoms with Crippen molar-refractivity contribution in [1.82, 2.24) is 10.2 Å². The van der Waals surface area contributed by atoms with Gasteiger partial charge in [-0.15, -0.1) is 0 Å². The minimum absolute atomic E-state index is 0.0483. The van der Waals surface area contributed by atoms with E-state index >= 15 is 0 Å². The van der Waals surface area contributed by atoms with Gasteiger partial charge in [-0.2, -0.15) is 0 Å². The topological polar surface area (TPSA) is 61.8 Å². The van der Waals surface area contributed by atoms with Gasteiger partial charge < -0.3 is 20.1 Å². The molecule has 0 aliphatic carbocycles. The van der Waals surface area contributed by atoms with Gasteiger partial charge in [0.2, 0.25) is 0 Å². The molecule has 2 unspecified atom stereocenters. The molecule has 0 radical (unpaired) electrons. The van der Waals surface area contributed by atoms with E-state index in [9.17, 15) is 18.7 Å². The second-order valence-corrected chi connectivity index (χ2v) is 5.74.